The second-order valence-electron chi connectivity index (χ2n) is 5.55. The molecule has 0 saturated carbocycles. The molecule has 148 valence electrons. The molecule has 1 aromatic carbocycles. The van der Waals surface area contributed by atoms with Crippen LogP contribution in [0.2, 0.25) is 0 Å². The summed E-state index contributed by atoms with van der Waals surface area (Å²) in [5.41, 5.74) is 5.95. The van der Waals surface area contributed by atoms with Crippen LogP contribution in [0.1, 0.15) is 104 Å². The average Bonchev–Trinajstić information content (AvgIpc) is 2.74. The van der Waals surface area contributed by atoms with Crippen molar-refractivity contribution in [1.29, 1.82) is 0 Å². The zero-order valence-corrected chi connectivity index (χ0v) is 19.1. The van der Waals surface area contributed by atoms with Gasteiger partial charge in [-0.15, -0.1) is 0 Å². The van der Waals surface area contributed by atoms with Crippen molar-refractivity contribution in [1.82, 2.24) is 0 Å². The van der Waals surface area contributed by atoms with Crippen LogP contribution in [0.15, 0.2) is 12.2 Å². The Kier molecular flexibility index (Phi) is 17.3. The zero-order valence-electron chi connectivity index (χ0n) is 19.1. The molecular formula is C26H44. The number of hydrogen-bond acceptors (Lipinski definition) is 0. The summed E-state index contributed by atoms with van der Waals surface area (Å²) < 4.78 is 0. The van der Waals surface area contributed by atoms with Crippen LogP contribution in [0.4, 0.5) is 0 Å². The Morgan fingerprint density at radius 2 is 1.19 bits per heavy atom. The van der Waals surface area contributed by atoms with Gasteiger partial charge in [0.25, 0.3) is 0 Å². The van der Waals surface area contributed by atoms with Gasteiger partial charge in [0, 0.05) is 0 Å². The molecule has 0 heteroatoms. The summed E-state index contributed by atoms with van der Waals surface area (Å²) in [6, 6.07) is 0. The predicted molar refractivity (Wildman–Crippen MR) is 126 cm³/mol. The Bertz CT molecular complexity index is 642. The number of fused-ring (bicyclic) bond motifs is 3. The summed E-state index contributed by atoms with van der Waals surface area (Å²) in [6.45, 7) is 22.7. The third kappa shape index (κ3) is 6.98. The molecule has 2 aliphatic carbocycles. The molecule has 0 unspecified atom stereocenters. The van der Waals surface area contributed by atoms with Crippen molar-refractivity contribution in [3.05, 3.63) is 44.8 Å². The van der Waals surface area contributed by atoms with Gasteiger partial charge in [0.15, 0.2) is 0 Å². The maximum Gasteiger partial charge on any atom is -0.0149 e. The number of benzene rings is 1. The van der Waals surface area contributed by atoms with E-state index in [1.165, 1.54) is 53.7 Å². The molecule has 0 radical (unpaired) electrons. The largest absolute Gasteiger partial charge is 0.0905 e. The molecule has 1 aromatic rings. The van der Waals surface area contributed by atoms with E-state index in [1.54, 1.807) is 11.1 Å². The number of allylic oxidation sites excluding steroid dienone is 2. The lowest BCUT2D eigenvalue weighted by molar-refractivity contribution is 0.900. The van der Waals surface area contributed by atoms with Crippen LogP contribution in [0.25, 0.3) is 24.8 Å². The standard InChI is InChI=1S/C17H18.C3H8.3C2H6/c1-3-13-12(2)14-8-4-5-10-16(14)17-11-7-6-9-15(13)17;1-3-2;3*1-2/h3-4,6,8-9H,2,5,7,10-11H2,1H3;3H2,1-2H3;3*1-2H3/b13-3+;;;;. The lowest BCUT2D eigenvalue weighted by Gasteiger charge is -2.21. The fourth-order valence-corrected chi connectivity index (χ4v) is 3.13. The monoisotopic (exact) mass is 356 g/mol. The molecular weight excluding hydrogens is 312 g/mol. The minimum Gasteiger partial charge on any atom is -0.0905 e. The van der Waals surface area contributed by atoms with E-state index in [-0.39, 0.29) is 0 Å². The van der Waals surface area contributed by atoms with Crippen molar-refractivity contribution in [3.8, 4) is 0 Å². The van der Waals surface area contributed by atoms with Gasteiger partial charge < -0.3 is 0 Å². The number of hydrogen-bond donors (Lipinski definition) is 0. The molecule has 0 aliphatic heterocycles. The maximum atomic E-state index is 4.30. The van der Waals surface area contributed by atoms with Crippen LogP contribution in [0.3, 0.4) is 0 Å². The molecule has 0 amide bonds. The highest BCUT2D eigenvalue weighted by molar-refractivity contribution is 5.68. The summed E-state index contributed by atoms with van der Waals surface area (Å²) >= 11 is 0. The molecule has 0 spiro atoms. The van der Waals surface area contributed by atoms with E-state index < -0.39 is 0 Å². The van der Waals surface area contributed by atoms with Gasteiger partial charge >= 0.3 is 0 Å². The Morgan fingerprint density at radius 3 is 1.62 bits per heavy atom. The minimum atomic E-state index is 1.18. The summed E-state index contributed by atoms with van der Waals surface area (Å²) in [6.07, 6.45) is 17.3. The van der Waals surface area contributed by atoms with E-state index in [1.807, 2.05) is 41.5 Å². The Hall–Kier alpha value is -1.56. The highest BCUT2D eigenvalue weighted by Gasteiger charge is 2.16. The van der Waals surface area contributed by atoms with Crippen LogP contribution in [0.5, 0.6) is 0 Å². The van der Waals surface area contributed by atoms with E-state index in [0.717, 1.165) is 0 Å². The van der Waals surface area contributed by atoms with E-state index in [2.05, 4.69) is 57.7 Å². The van der Waals surface area contributed by atoms with E-state index in [9.17, 15) is 0 Å². The topological polar surface area (TPSA) is 0 Å². The first-order valence-electron chi connectivity index (χ1n) is 10.9. The molecule has 0 aromatic heterocycles. The van der Waals surface area contributed by atoms with Crippen molar-refractivity contribution in [2.45, 2.75) is 94.4 Å². The van der Waals surface area contributed by atoms with Gasteiger partial charge in [0.1, 0.15) is 0 Å². The molecule has 26 heavy (non-hydrogen) atoms. The lowest BCUT2D eigenvalue weighted by atomic mass is 9.83. The molecule has 0 fully saturated rings. The summed E-state index contributed by atoms with van der Waals surface area (Å²) in [7, 11) is 0. The van der Waals surface area contributed by atoms with Crippen molar-refractivity contribution >= 4 is 24.8 Å². The van der Waals surface area contributed by atoms with Gasteiger partial charge in [0.05, 0.1) is 0 Å². The summed E-state index contributed by atoms with van der Waals surface area (Å²) in [5.74, 6) is 0. The van der Waals surface area contributed by atoms with Crippen LogP contribution >= 0.6 is 0 Å². The molecule has 0 nitrogen and oxygen atoms in total. The lowest BCUT2D eigenvalue weighted by Crippen LogP contribution is -2.33. The second-order valence-corrected chi connectivity index (χ2v) is 5.55. The van der Waals surface area contributed by atoms with Gasteiger partial charge in [-0.3, -0.25) is 0 Å². The Morgan fingerprint density at radius 1 is 0.808 bits per heavy atom. The van der Waals surface area contributed by atoms with Crippen LogP contribution in [-0.4, -0.2) is 0 Å². The molecule has 0 heterocycles. The van der Waals surface area contributed by atoms with E-state index >= 15 is 0 Å². The fraction of sp³-hybridized carbons (Fsp3) is 0.538. The normalized spacial score (nSPS) is 13.2. The van der Waals surface area contributed by atoms with Crippen molar-refractivity contribution in [3.63, 3.8) is 0 Å². The molecule has 0 N–H and O–H groups in total. The Balaban J connectivity index is 0. The maximum absolute atomic E-state index is 4.30. The molecule has 0 bridgehead atoms. The third-order valence-electron chi connectivity index (χ3n) is 3.93. The van der Waals surface area contributed by atoms with Gasteiger partial charge in [-0.1, -0.05) is 98.8 Å². The first kappa shape index (κ1) is 26.7. The summed E-state index contributed by atoms with van der Waals surface area (Å²) in [5, 5.41) is 2.55. The molecule has 0 saturated heterocycles. The van der Waals surface area contributed by atoms with Gasteiger partial charge in [-0.25, -0.2) is 0 Å². The molecule has 0 atom stereocenters. The van der Waals surface area contributed by atoms with E-state index in [4.69, 9.17) is 0 Å². The molecule has 3 rings (SSSR count). The van der Waals surface area contributed by atoms with Crippen LogP contribution < -0.4 is 10.4 Å². The first-order chi connectivity index (χ1) is 12.7. The first-order valence-corrected chi connectivity index (χ1v) is 10.9. The van der Waals surface area contributed by atoms with Gasteiger partial charge in [-0.05, 0) is 65.3 Å². The van der Waals surface area contributed by atoms with Crippen molar-refractivity contribution in [2.24, 2.45) is 0 Å². The summed E-state index contributed by atoms with van der Waals surface area (Å²) in [4.78, 5) is 0. The zero-order chi connectivity index (χ0) is 20.5. The van der Waals surface area contributed by atoms with Crippen LogP contribution in [0, 0.1) is 0 Å². The highest BCUT2D eigenvalue weighted by Crippen LogP contribution is 2.25. The SMILES string of the molecule is C=c1c2c(c3c(/c1=C/C)C=CCC3)CCC=C2.CC.CC.CC.CCC. The third-order valence-corrected chi connectivity index (χ3v) is 3.93. The van der Waals surface area contributed by atoms with Gasteiger partial charge in [-0.2, -0.15) is 0 Å². The van der Waals surface area contributed by atoms with Crippen LogP contribution in [-0.2, 0) is 12.8 Å². The average molecular weight is 357 g/mol. The fourth-order valence-electron chi connectivity index (χ4n) is 3.13. The smallest absolute Gasteiger partial charge is 0.0149 e. The highest BCUT2D eigenvalue weighted by atomic mass is 14.2. The van der Waals surface area contributed by atoms with Crippen molar-refractivity contribution < 1.29 is 0 Å². The van der Waals surface area contributed by atoms with E-state index in [0.29, 0.717) is 0 Å². The van der Waals surface area contributed by atoms with Gasteiger partial charge in [0.2, 0.25) is 0 Å². The quantitative estimate of drug-likeness (QED) is 0.457. The number of rotatable bonds is 0. The second kappa shape index (κ2) is 16.9. The predicted octanol–water partition coefficient (Wildman–Crippen LogP) is 7.31. The van der Waals surface area contributed by atoms with Crippen molar-refractivity contribution in [2.75, 3.05) is 0 Å². The Labute approximate surface area is 164 Å². The molecule has 2 aliphatic rings. The minimum absolute atomic E-state index is 1.18.